The van der Waals surface area contributed by atoms with Gasteiger partial charge in [-0.05, 0) is 18.6 Å². The van der Waals surface area contributed by atoms with E-state index >= 15 is 0 Å². The molecule has 0 aromatic rings. The quantitative estimate of drug-likeness (QED) is 0.548. The highest BCUT2D eigenvalue weighted by molar-refractivity contribution is 5.70. The molecule has 10 heavy (non-hydrogen) atoms. The third-order valence-electron chi connectivity index (χ3n) is 1.43. The lowest BCUT2D eigenvalue weighted by molar-refractivity contribution is 1.35. The Bertz CT molecular complexity index is 219. The van der Waals surface area contributed by atoms with Crippen LogP contribution in [0.25, 0.3) is 0 Å². The molecule has 1 aliphatic rings. The number of hydrogen-bond acceptors (Lipinski definition) is 1. The molecule has 0 radical (unpaired) electrons. The van der Waals surface area contributed by atoms with Crippen molar-refractivity contribution in [3.05, 3.63) is 36.1 Å². The molecular formula is C9H11N. The fourth-order valence-electron chi connectivity index (χ4n) is 0.968. The third-order valence-corrected chi connectivity index (χ3v) is 1.43. The van der Waals surface area contributed by atoms with Gasteiger partial charge in [0.15, 0.2) is 0 Å². The van der Waals surface area contributed by atoms with Gasteiger partial charge in [-0.1, -0.05) is 18.7 Å². The van der Waals surface area contributed by atoms with Crippen molar-refractivity contribution in [3.63, 3.8) is 0 Å². The Kier molecular flexibility index (Phi) is 2.21. The van der Waals surface area contributed by atoms with Crippen molar-refractivity contribution in [3.8, 4) is 0 Å². The van der Waals surface area contributed by atoms with Gasteiger partial charge in [-0.3, -0.25) is 4.99 Å². The molecule has 1 heterocycles. The standard InChI is InChI=1S/C9H11N/c1-3-5-8-6-7-10-9(8)4-2/h3-5,7H,2,6H2,1H3/b5-3-. The maximum atomic E-state index is 4.14. The van der Waals surface area contributed by atoms with Gasteiger partial charge in [0.2, 0.25) is 0 Å². The van der Waals surface area contributed by atoms with Gasteiger partial charge in [0.1, 0.15) is 0 Å². The predicted molar refractivity (Wildman–Crippen MR) is 45.1 cm³/mol. The molecule has 0 fully saturated rings. The van der Waals surface area contributed by atoms with E-state index in [1.54, 1.807) is 6.08 Å². The summed E-state index contributed by atoms with van der Waals surface area (Å²) in [5, 5.41) is 0. The van der Waals surface area contributed by atoms with E-state index in [1.165, 1.54) is 5.57 Å². The van der Waals surface area contributed by atoms with E-state index in [2.05, 4.69) is 17.6 Å². The maximum Gasteiger partial charge on any atom is 0.0655 e. The van der Waals surface area contributed by atoms with Crippen LogP contribution in [0.3, 0.4) is 0 Å². The molecule has 0 unspecified atom stereocenters. The van der Waals surface area contributed by atoms with E-state index in [9.17, 15) is 0 Å². The van der Waals surface area contributed by atoms with E-state index in [0.29, 0.717) is 0 Å². The molecule has 0 aromatic heterocycles. The number of rotatable bonds is 2. The maximum absolute atomic E-state index is 4.14. The molecule has 0 aliphatic carbocycles. The first-order valence-corrected chi connectivity index (χ1v) is 3.39. The molecule has 52 valence electrons. The second-order valence-corrected chi connectivity index (χ2v) is 2.13. The van der Waals surface area contributed by atoms with E-state index < -0.39 is 0 Å². The Labute approximate surface area is 61.5 Å². The lowest BCUT2D eigenvalue weighted by Crippen LogP contribution is -1.75. The normalized spacial score (nSPS) is 17.3. The smallest absolute Gasteiger partial charge is 0.0655 e. The van der Waals surface area contributed by atoms with Gasteiger partial charge in [0.05, 0.1) is 5.70 Å². The molecule has 1 rings (SSSR count). The van der Waals surface area contributed by atoms with E-state index in [4.69, 9.17) is 0 Å². The van der Waals surface area contributed by atoms with Crippen molar-refractivity contribution in [2.24, 2.45) is 4.99 Å². The molecule has 0 aromatic carbocycles. The first-order chi connectivity index (χ1) is 4.88. The highest BCUT2D eigenvalue weighted by atomic mass is 14.7. The third kappa shape index (κ3) is 1.24. The van der Waals surface area contributed by atoms with E-state index in [0.717, 1.165) is 12.1 Å². The van der Waals surface area contributed by atoms with Gasteiger partial charge in [-0.15, -0.1) is 0 Å². The van der Waals surface area contributed by atoms with Crippen molar-refractivity contribution < 1.29 is 0 Å². The average Bonchev–Trinajstić information content (AvgIpc) is 2.36. The first-order valence-electron chi connectivity index (χ1n) is 3.39. The van der Waals surface area contributed by atoms with Crippen LogP contribution in [0.1, 0.15) is 13.3 Å². The van der Waals surface area contributed by atoms with Crippen LogP contribution in [0.4, 0.5) is 0 Å². The fraction of sp³-hybridized carbons (Fsp3) is 0.222. The van der Waals surface area contributed by atoms with Gasteiger partial charge < -0.3 is 0 Å². The molecule has 0 spiro atoms. The molecule has 1 aliphatic heterocycles. The van der Waals surface area contributed by atoms with Crippen LogP contribution >= 0.6 is 0 Å². The zero-order valence-electron chi connectivity index (χ0n) is 6.17. The molecule has 1 nitrogen and oxygen atoms in total. The lowest BCUT2D eigenvalue weighted by atomic mass is 10.1. The molecule has 0 atom stereocenters. The van der Waals surface area contributed by atoms with Crippen molar-refractivity contribution in [1.82, 2.24) is 0 Å². The summed E-state index contributed by atoms with van der Waals surface area (Å²) in [4.78, 5) is 4.14. The van der Waals surface area contributed by atoms with Crippen molar-refractivity contribution in [1.29, 1.82) is 0 Å². The minimum Gasteiger partial charge on any atom is -0.261 e. The lowest BCUT2D eigenvalue weighted by Gasteiger charge is -1.91. The van der Waals surface area contributed by atoms with Crippen molar-refractivity contribution in [2.75, 3.05) is 0 Å². The summed E-state index contributed by atoms with van der Waals surface area (Å²) < 4.78 is 0. The van der Waals surface area contributed by atoms with Crippen LogP contribution < -0.4 is 0 Å². The fourth-order valence-corrected chi connectivity index (χ4v) is 0.968. The molecule has 0 saturated heterocycles. The topological polar surface area (TPSA) is 12.4 Å². The molecular weight excluding hydrogens is 122 g/mol. The predicted octanol–water partition coefficient (Wildman–Crippen LogP) is 2.48. The monoisotopic (exact) mass is 133 g/mol. The molecule has 0 bridgehead atoms. The highest BCUT2D eigenvalue weighted by Gasteiger charge is 2.02. The Morgan fingerprint density at radius 1 is 1.70 bits per heavy atom. The number of allylic oxidation sites excluding steroid dienone is 4. The highest BCUT2D eigenvalue weighted by Crippen LogP contribution is 2.17. The Balaban J connectivity index is 2.84. The van der Waals surface area contributed by atoms with Gasteiger partial charge in [-0.2, -0.15) is 0 Å². The van der Waals surface area contributed by atoms with Crippen LogP contribution in [0.2, 0.25) is 0 Å². The Morgan fingerprint density at radius 2 is 2.50 bits per heavy atom. The van der Waals surface area contributed by atoms with Crippen LogP contribution in [-0.4, -0.2) is 6.21 Å². The summed E-state index contributed by atoms with van der Waals surface area (Å²) >= 11 is 0. The van der Waals surface area contributed by atoms with Gasteiger partial charge in [0.25, 0.3) is 0 Å². The summed E-state index contributed by atoms with van der Waals surface area (Å²) in [6, 6.07) is 0. The minimum absolute atomic E-state index is 0.950. The SMILES string of the molecule is C=CC1=C(/C=C\C)CC=N1. The van der Waals surface area contributed by atoms with Crippen molar-refractivity contribution >= 4 is 6.21 Å². The van der Waals surface area contributed by atoms with Gasteiger partial charge in [0, 0.05) is 12.6 Å². The van der Waals surface area contributed by atoms with Crippen LogP contribution in [-0.2, 0) is 0 Å². The summed E-state index contributed by atoms with van der Waals surface area (Å²) in [7, 11) is 0. The van der Waals surface area contributed by atoms with Crippen molar-refractivity contribution in [2.45, 2.75) is 13.3 Å². The van der Waals surface area contributed by atoms with Crippen LogP contribution in [0.5, 0.6) is 0 Å². The van der Waals surface area contributed by atoms with Gasteiger partial charge >= 0.3 is 0 Å². The molecule has 0 N–H and O–H groups in total. The Hall–Kier alpha value is -1.11. The van der Waals surface area contributed by atoms with E-state index in [-0.39, 0.29) is 0 Å². The second kappa shape index (κ2) is 3.16. The van der Waals surface area contributed by atoms with E-state index in [1.807, 2.05) is 19.2 Å². The van der Waals surface area contributed by atoms with Gasteiger partial charge in [-0.25, -0.2) is 0 Å². The Morgan fingerprint density at radius 3 is 3.10 bits per heavy atom. The summed E-state index contributed by atoms with van der Waals surface area (Å²) in [5.74, 6) is 0. The minimum atomic E-state index is 0.950. The molecule has 0 amide bonds. The zero-order chi connectivity index (χ0) is 7.40. The van der Waals surface area contributed by atoms with Crippen LogP contribution in [0, 0.1) is 0 Å². The van der Waals surface area contributed by atoms with Crippen LogP contribution in [0.15, 0.2) is 41.1 Å². The largest absolute Gasteiger partial charge is 0.261 e. The second-order valence-electron chi connectivity index (χ2n) is 2.13. The summed E-state index contributed by atoms with van der Waals surface area (Å²) in [5.41, 5.74) is 2.27. The zero-order valence-corrected chi connectivity index (χ0v) is 6.17. The molecule has 1 heteroatoms. The molecule has 0 saturated carbocycles. The summed E-state index contributed by atoms with van der Waals surface area (Å²) in [6.07, 6.45) is 8.74. The summed E-state index contributed by atoms with van der Waals surface area (Å²) in [6.45, 7) is 5.68. The number of nitrogens with zero attached hydrogens (tertiary/aromatic N) is 1. The number of aliphatic imine (C=N–C) groups is 1. The first kappa shape index (κ1) is 7.00. The number of hydrogen-bond donors (Lipinski definition) is 0. The average molecular weight is 133 g/mol.